The molecule has 3 rings (SSSR count). The van der Waals surface area contributed by atoms with Crippen LogP contribution < -0.4 is 16.2 Å². The zero-order chi connectivity index (χ0) is 20.8. The number of nitro benzene ring substituents is 1. The normalized spacial score (nSPS) is 10.7. The number of non-ortho nitro benzene ring substituents is 1. The van der Waals surface area contributed by atoms with Crippen LogP contribution in [0.4, 0.5) is 11.4 Å². The van der Waals surface area contributed by atoms with E-state index in [9.17, 15) is 19.7 Å². The van der Waals surface area contributed by atoms with Gasteiger partial charge < -0.3 is 10.6 Å². The lowest BCUT2D eigenvalue weighted by Crippen LogP contribution is -2.33. The quantitative estimate of drug-likeness (QED) is 0.344. The molecule has 1 amide bonds. The standard InChI is InChI=1S/C20H21N5O4/c1-2-13-24-20(27)17-6-4-3-5-16(17)18(23-24)19(26)22-12-11-21-14-7-9-15(10-8-14)25(28)29/h3-10,21H,2,11-13H2,1H3,(H,22,26). The summed E-state index contributed by atoms with van der Waals surface area (Å²) in [4.78, 5) is 35.4. The lowest BCUT2D eigenvalue weighted by molar-refractivity contribution is -0.384. The Morgan fingerprint density at radius 1 is 1.10 bits per heavy atom. The maximum absolute atomic E-state index is 12.7. The third kappa shape index (κ3) is 4.57. The predicted octanol–water partition coefficient (Wildman–Crippen LogP) is 2.56. The minimum absolute atomic E-state index is 0.0176. The molecule has 2 N–H and O–H groups in total. The molecule has 0 aliphatic heterocycles. The summed E-state index contributed by atoms with van der Waals surface area (Å²) in [5, 5.41) is 21.8. The van der Waals surface area contributed by atoms with Gasteiger partial charge in [0.2, 0.25) is 0 Å². The average Bonchev–Trinajstić information content (AvgIpc) is 2.73. The van der Waals surface area contributed by atoms with Crippen molar-refractivity contribution in [1.29, 1.82) is 0 Å². The number of nitrogens with one attached hydrogen (secondary N) is 2. The molecule has 0 aliphatic carbocycles. The molecule has 0 spiro atoms. The van der Waals surface area contributed by atoms with E-state index in [0.717, 1.165) is 6.42 Å². The first-order chi connectivity index (χ1) is 14.0. The molecule has 1 aromatic heterocycles. The average molecular weight is 395 g/mol. The van der Waals surface area contributed by atoms with E-state index in [1.165, 1.54) is 16.8 Å². The van der Waals surface area contributed by atoms with Crippen molar-refractivity contribution in [2.75, 3.05) is 18.4 Å². The molecule has 9 nitrogen and oxygen atoms in total. The monoisotopic (exact) mass is 395 g/mol. The minimum Gasteiger partial charge on any atom is -0.383 e. The van der Waals surface area contributed by atoms with Crippen molar-refractivity contribution >= 4 is 28.1 Å². The summed E-state index contributed by atoms with van der Waals surface area (Å²) in [6.07, 6.45) is 0.728. The Kier molecular flexibility index (Phi) is 6.18. The fraction of sp³-hybridized carbons (Fsp3) is 0.250. The highest BCUT2D eigenvalue weighted by Gasteiger charge is 2.16. The van der Waals surface area contributed by atoms with Crippen molar-refractivity contribution in [3.05, 3.63) is 74.7 Å². The Bertz CT molecular complexity index is 1090. The summed E-state index contributed by atoms with van der Waals surface area (Å²) in [5.74, 6) is -0.364. The number of nitro groups is 1. The highest BCUT2D eigenvalue weighted by Crippen LogP contribution is 2.15. The molecule has 0 fully saturated rings. The van der Waals surface area contributed by atoms with Gasteiger partial charge in [-0.2, -0.15) is 5.10 Å². The number of carbonyl (C=O) groups is 1. The fourth-order valence-corrected chi connectivity index (χ4v) is 2.93. The van der Waals surface area contributed by atoms with Gasteiger partial charge in [-0.1, -0.05) is 25.1 Å². The van der Waals surface area contributed by atoms with Gasteiger partial charge in [0.05, 0.1) is 10.3 Å². The summed E-state index contributed by atoms with van der Waals surface area (Å²) >= 11 is 0. The Labute approximate surface area is 166 Å². The lowest BCUT2D eigenvalue weighted by atomic mass is 10.1. The Balaban J connectivity index is 1.67. The van der Waals surface area contributed by atoms with Crippen LogP contribution in [0, 0.1) is 10.1 Å². The molecule has 9 heteroatoms. The molecule has 3 aromatic rings. The van der Waals surface area contributed by atoms with Crippen LogP contribution in [0.5, 0.6) is 0 Å². The van der Waals surface area contributed by atoms with Gasteiger partial charge in [0, 0.05) is 42.8 Å². The van der Waals surface area contributed by atoms with E-state index in [4.69, 9.17) is 0 Å². The van der Waals surface area contributed by atoms with E-state index in [0.29, 0.717) is 36.1 Å². The first-order valence-electron chi connectivity index (χ1n) is 9.27. The molecule has 0 radical (unpaired) electrons. The van der Waals surface area contributed by atoms with Gasteiger partial charge in [0.25, 0.3) is 17.2 Å². The van der Waals surface area contributed by atoms with Crippen molar-refractivity contribution in [2.45, 2.75) is 19.9 Å². The highest BCUT2D eigenvalue weighted by molar-refractivity contribution is 6.04. The topological polar surface area (TPSA) is 119 Å². The molecular formula is C20H21N5O4. The van der Waals surface area contributed by atoms with Gasteiger partial charge in [0.1, 0.15) is 0 Å². The molecule has 0 saturated carbocycles. The molecule has 1 heterocycles. The zero-order valence-electron chi connectivity index (χ0n) is 15.9. The van der Waals surface area contributed by atoms with Crippen LogP contribution in [0.3, 0.4) is 0 Å². The Morgan fingerprint density at radius 3 is 2.45 bits per heavy atom. The number of hydrogen-bond acceptors (Lipinski definition) is 6. The third-order valence-corrected chi connectivity index (χ3v) is 4.34. The Hall–Kier alpha value is -3.75. The summed E-state index contributed by atoms with van der Waals surface area (Å²) in [5.41, 5.74) is 0.733. The smallest absolute Gasteiger partial charge is 0.274 e. The Morgan fingerprint density at radius 2 is 1.79 bits per heavy atom. The van der Waals surface area contributed by atoms with Crippen molar-refractivity contribution in [1.82, 2.24) is 15.1 Å². The number of carbonyl (C=O) groups excluding carboxylic acids is 1. The molecule has 29 heavy (non-hydrogen) atoms. The number of aromatic nitrogens is 2. The third-order valence-electron chi connectivity index (χ3n) is 4.34. The van der Waals surface area contributed by atoms with Crippen LogP contribution >= 0.6 is 0 Å². The second-order valence-corrected chi connectivity index (χ2v) is 6.41. The van der Waals surface area contributed by atoms with Crippen molar-refractivity contribution in [3.8, 4) is 0 Å². The highest BCUT2D eigenvalue weighted by atomic mass is 16.6. The van der Waals surface area contributed by atoms with Crippen LogP contribution in [0.2, 0.25) is 0 Å². The number of aryl methyl sites for hydroxylation is 1. The van der Waals surface area contributed by atoms with Crippen LogP contribution in [-0.4, -0.2) is 33.7 Å². The molecule has 0 unspecified atom stereocenters. The van der Waals surface area contributed by atoms with Crippen molar-refractivity contribution < 1.29 is 9.72 Å². The maximum atomic E-state index is 12.7. The summed E-state index contributed by atoms with van der Waals surface area (Å²) in [6.45, 7) is 3.12. The number of benzene rings is 2. The number of rotatable bonds is 8. The number of nitrogens with zero attached hydrogens (tertiary/aromatic N) is 3. The first-order valence-corrected chi connectivity index (χ1v) is 9.27. The van der Waals surface area contributed by atoms with Gasteiger partial charge in [-0.3, -0.25) is 19.7 Å². The van der Waals surface area contributed by atoms with Crippen molar-refractivity contribution in [3.63, 3.8) is 0 Å². The second-order valence-electron chi connectivity index (χ2n) is 6.41. The van der Waals surface area contributed by atoms with Gasteiger partial charge in [-0.25, -0.2) is 4.68 Å². The van der Waals surface area contributed by atoms with Crippen molar-refractivity contribution in [2.24, 2.45) is 0 Å². The number of hydrogen-bond donors (Lipinski definition) is 2. The maximum Gasteiger partial charge on any atom is 0.274 e. The van der Waals surface area contributed by atoms with E-state index < -0.39 is 4.92 Å². The van der Waals surface area contributed by atoms with Gasteiger partial charge in [-0.05, 0) is 24.6 Å². The van der Waals surface area contributed by atoms with E-state index in [1.54, 1.807) is 36.4 Å². The molecule has 0 saturated heterocycles. The number of fused-ring (bicyclic) bond motifs is 1. The lowest BCUT2D eigenvalue weighted by Gasteiger charge is -2.11. The SMILES string of the molecule is CCCn1nc(C(=O)NCCNc2ccc([N+](=O)[O-])cc2)c2ccccc2c1=O. The number of anilines is 1. The summed E-state index contributed by atoms with van der Waals surface area (Å²) < 4.78 is 1.33. The summed E-state index contributed by atoms with van der Waals surface area (Å²) in [6, 6.07) is 13.0. The van der Waals surface area contributed by atoms with Gasteiger partial charge >= 0.3 is 0 Å². The molecule has 0 bridgehead atoms. The van der Waals surface area contributed by atoms with Crippen LogP contribution in [-0.2, 0) is 6.54 Å². The van der Waals surface area contributed by atoms with Gasteiger partial charge in [-0.15, -0.1) is 0 Å². The van der Waals surface area contributed by atoms with Crippen LogP contribution in [0.25, 0.3) is 10.8 Å². The van der Waals surface area contributed by atoms with E-state index in [-0.39, 0.29) is 22.8 Å². The molecular weight excluding hydrogens is 374 g/mol. The largest absolute Gasteiger partial charge is 0.383 e. The zero-order valence-corrected chi connectivity index (χ0v) is 15.9. The molecule has 2 aromatic carbocycles. The minimum atomic E-state index is -0.459. The molecule has 0 atom stereocenters. The van der Waals surface area contributed by atoms with Gasteiger partial charge in [0.15, 0.2) is 5.69 Å². The first kappa shape index (κ1) is 20.0. The van der Waals surface area contributed by atoms with E-state index in [2.05, 4.69) is 15.7 Å². The van der Waals surface area contributed by atoms with E-state index in [1.807, 2.05) is 6.92 Å². The fourth-order valence-electron chi connectivity index (χ4n) is 2.93. The predicted molar refractivity (Wildman–Crippen MR) is 110 cm³/mol. The van der Waals surface area contributed by atoms with Crippen LogP contribution in [0.15, 0.2) is 53.3 Å². The van der Waals surface area contributed by atoms with Crippen LogP contribution in [0.1, 0.15) is 23.8 Å². The molecule has 150 valence electrons. The number of amides is 1. The van der Waals surface area contributed by atoms with E-state index >= 15 is 0 Å². The second kappa shape index (κ2) is 8.96. The molecule has 0 aliphatic rings. The summed E-state index contributed by atoms with van der Waals surface area (Å²) in [7, 11) is 0.